The fraction of sp³-hybridized carbons (Fsp3) is 0.273. The van der Waals surface area contributed by atoms with Crippen LogP contribution >= 0.6 is 23.3 Å². The van der Waals surface area contributed by atoms with Crippen LogP contribution in [-0.2, 0) is 0 Å². The second kappa shape index (κ2) is 4.80. The molecule has 1 atom stereocenters. The number of aryl methyl sites for hydroxylation is 1. The topological polar surface area (TPSA) is 37.8 Å². The number of rotatable bonds is 3. The number of anilines is 1. The molecular formula is C11H12ClN3S. The van der Waals surface area contributed by atoms with Gasteiger partial charge in [0.2, 0.25) is 0 Å². The SMILES string of the molecule is Cc1ccc(C(C)Nc2nsnc2Cl)cc1. The Kier molecular flexibility index (Phi) is 3.41. The first-order valence-corrected chi connectivity index (χ1v) is 6.09. The first-order chi connectivity index (χ1) is 7.66. The minimum Gasteiger partial charge on any atom is -0.360 e. The van der Waals surface area contributed by atoms with E-state index in [0.29, 0.717) is 11.0 Å². The van der Waals surface area contributed by atoms with Gasteiger partial charge in [0.25, 0.3) is 0 Å². The van der Waals surface area contributed by atoms with Gasteiger partial charge in [0, 0.05) is 0 Å². The third kappa shape index (κ3) is 2.51. The molecule has 2 rings (SSSR count). The number of nitrogens with zero attached hydrogens (tertiary/aromatic N) is 2. The number of nitrogens with one attached hydrogen (secondary N) is 1. The first kappa shape index (κ1) is 11.4. The van der Waals surface area contributed by atoms with E-state index < -0.39 is 0 Å². The van der Waals surface area contributed by atoms with E-state index in [4.69, 9.17) is 11.6 Å². The second-order valence-electron chi connectivity index (χ2n) is 3.68. The maximum Gasteiger partial charge on any atom is 0.186 e. The Balaban J connectivity index is 2.11. The molecule has 1 unspecified atom stereocenters. The van der Waals surface area contributed by atoms with Gasteiger partial charge in [-0.05, 0) is 19.4 Å². The van der Waals surface area contributed by atoms with E-state index in [1.807, 2.05) is 0 Å². The summed E-state index contributed by atoms with van der Waals surface area (Å²) in [6, 6.07) is 8.55. The molecule has 0 aliphatic heterocycles. The molecule has 0 aliphatic rings. The fourth-order valence-electron chi connectivity index (χ4n) is 1.41. The summed E-state index contributed by atoms with van der Waals surface area (Å²) >= 11 is 6.98. The molecule has 16 heavy (non-hydrogen) atoms. The summed E-state index contributed by atoms with van der Waals surface area (Å²) in [4.78, 5) is 0. The van der Waals surface area contributed by atoms with Gasteiger partial charge in [-0.1, -0.05) is 41.4 Å². The number of halogens is 1. The van der Waals surface area contributed by atoms with Crippen LogP contribution in [0.5, 0.6) is 0 Å². The van der Waals surface area contributed by atoms with Gasteiger partial charge in [0.1, 0.15) is 0 Å². The van der Waals surface area contributed by atoms with Gasteiger partial charge in [0.05, 0.1) is 17.8 Å². The lowest BCUT2D eigenvalue weighted by atomic mass is 10.1. The molecule has 0 radical (unpaired) electrons. The fourth-order valence-corrected chi connectivity index (χ4v) is 2.07. The maximum absolute atomic E-state index is 5.87. The Hall–Kier alpha value is -1.13. The molecule has 2 aromatic rings. The average Bonchev–Trinajstić information content (AvgIpc) is 2.65. The number of benzene rings is 1. The van der Waals surface area contributed by atoms with E-state index in [9.17, 15) is 0 Å². The Bertz CT molecular complexity index is 466. The monoisotopic (exact) mass is 253 g/mol. The van der Waals surface area contributed by atoms with Crippen LogP contribution < -0.4 is 5.32 Å². The van der Waals surface area contributed by atoms with Crippen molar-refractivity contribution < 1.29 is 0 Å². The Labute approximate surface area is 104 Å². The molecule has 1 aromatic heterocycles. The Morgan fingerprint density at radius 1 is 1.25 bits per heavy atom. The molecule has 84 valence electrons. The maximum atomic E-state index is 5.87. The highest BCUT2D eigenvalue weighted by Gasteiger charge is 2.10. The van der Waals surface area contributed by atoms with Crippen LogP contribution in [-0.4, -0.2) is 8.75 Å². The Morgan fingerprint density at radius 2 is 1.94 bits per heavy atom. The molecule has 0 amide bonds. The number of hydrogen-bond donors (Lipinski definition) is 1. The van der Waals surface area contributed by atoms with Gasteiger partial charge in [-0.2, -0.15) is 8.75 Å². The van der Waals surface area contributed by atoms with Crippen molar-refractivity contribution in [1.82, 2.24) is 8.75 Å². The molecule has 5 heteroatoms. The lowest BCUT2D eigenvalue weighted by Crippen LogP contribution is -2.06. The van der Waals surface area contributed by atoms with E-state index in [2.05, 4.69) is 52.2 Å². The van der Waals surface area contributed by atoms with Crippen LogP contribution in [0.4, 0.5) is 5.82 Å². The predicted molar refractivity (Wildman–Crippen MR) is 68.1 cm³/mol. The highest BCUT2D eigenvalue weighted by Crippen LogP contribution is 2.23. The van der Waals surface area contributed by atoms with Crippen molar-refractivity contribution in [2.75, 3.05) is 5.32 Å². The quantitative estimate of drug-likeness (QED) is 0.907. The van der Waals surface area contributed by atoms with Crippen LogP contribution in [0.2, 0.25) is 5.15 Å². The van der Waals surface area contributed by atoms with E-state index in [1.54, 1.807) is 0 Å². The molecule has 0 aliphatic carbocycles. The minimum atomic E-state index is 0.169. The average molecular weight is 254 g/mol. The molecule has 0 saturated carbocycles. The molecule has 0 spiro atoms. The zero-order valence-electron chi connectivity index (χ0n) is 9.07. The third-order valence-electron chi connectivity index (χ3n) is 2.38. The summed E-state index contributed by atoms with van der Waals surface area (Å²) in [6.45, 7) is 4.14. The molecule has 0 bridgehead atoms. The zero-order valence-corrected chi connectivity index (χ0v) is 10.6. The van der Waals surface area contributed by atoms with Gasteiger partial charge in [-0.25, -0.2) is 0 Å². The van der Waals surface area contributed by atoms with Gasteiger partial charge >= 0.3 is 0 Å². The summed E-state index contributed by atoms with van der Waals surface area (Å²) < 4.78 is 8.00. The van der Waals surface area contributed by atoms with Crippen LogP contribution in [0.3, 0.4) is 0 Å². The lowest BCUT2D eigenvalue weighted by Gasteiger charge is -2.13. The van der Waals surface area contributed by atoms with Gasteiger partial charge in [0.15, 0.2) is 11.0 Å². The normalized spacial score (nSPS) is 12.4. The van der Waals surface area contributed by atoms with Crippen molar-refractivity contribution >= 4 is 29.1 Å². The minimum absolute atomic E-state index is 0.169. The first-order valence-electron chi connectivity index (χ1n) is 4.98. The third-order valence-corrected chi connectivity index (χ3v) is 3.27. The van der Waals surface area contributed by atoms with Crippen molar-refractivity contribution in [2.24, 2.45) is 0 Å². The molecule has 1 N–H and O–H groups in total. The standard InChI is InChI=1S/C11H12ClN3S/c1-7-3-5-9(6-4-7)8(2)13-11-10(12)14-16-15-11/h3-6,8H,1-2H3,(H,13,15). The summed E-state index contributed by atoms with van der Waals surface area (Å²) in [5.74, 6) is 0.653. The molecule has 1 aromatic carbocycles. The highest BCUT2D eigenvalue weighted by molar-refractivity contribution is 6.99. The van der Waals surface area contributed by atoms with E-state index in [0.717, 1.165) is 11.7 Å². The van der Waals surface area contributed by atoms with Gasteiger partial charge in [-0.15, -0.1) is 0 Å². The number of aromatic nitrogens is 2. The van der Waals surface area contributed by atoms with Crippen LogP contribution in [0, 0.1) is 6.92 Å². The zero-order chi connectivity index (χ0) is 11.5. The molecule has 3 nitrogen and oxygen atoms in total. The predicted octanol–water partition coefficient (Wildman–Crippen LogP) is 3.67. The summed E-state index contributed by atoms with van der Waals surface area (Å²) in [5, 5.41) is 3.66. The van der Waals surface area contributed by atoms with Crippen LogP contribution in [0.1, 0.15) is 24.1 Å². The van der Waals surface area contributed by atoms with E-state index >= 15 is 0 Å². The molecule has 0 saturated heterocycles. The Morgan fingerprint density at radius 3 is 2.50 bits per heavy atom. The van der Waals surface area contributed by atoms with E-state index in [1.165, 1.54) is 11.1 Å². The smallest absolute Gasteiger partial charge is 0.186 e. The highest BCUT2D eigenvalue weighted by atomic mass is 35.5. The summed E-state index contributed by atoms with van der Waals surface area (Å²) in [7, 11) is 0. The molecule has 0 fully saturated rings. The van der Waals surface area contributed by atoms with Crippen molar-refractivity contribution in [1.29, 1.82) is 0 Å². The van der Waals surface area contributed by atoms with Crippen molar-refractivity contribution in [3.05, 3.63) is 40.5 Å². The van der Waals surface area contributed by atoms with Crippen molar-refractivity contribution in [2.45, 2.75) is 19.9 Å². The van der Waals surface area contributed by atoms with Crippen LogP contribution in [0.25, 0.3) is 0 Å². The van der Waals surface area contributed by atoms with Gasteiger partial charge in [-0.3, -0.25) is 0 Å². The van der Waals surface area contributed by atoms with Crippen molar-refractivity contribution in [3.63, 3.8) is 0 Å². The largest absolute Gasteiger partial charge is 0.360 e. The molecular weight excluding hydrogens is 242 g/mol. The summed E-state index contributed by atoms with van der Waals surface area (Å²) in [5.41, 5.74) is 2.46. The lowest BCUT2D eigenvalue weighted by molar-refractivity contribution is 0.878. The molecule has 1 heterocycles. The van der Waals surface area contributed by atoms with E-state index in [-0.39, 0.29) is 6.04 Å². The van der Waals surface area contributed by atoms with Crippen molar-refractivity contribution in [3.8, 4) is 0 Å². The number of hydrogen-bond acceptors (Lipinski definition) is 4. The second-order valence-corrected chi connectivity index (χ2v) is 4.57. The van der Waals surface area contributed by atoms with Crippen LogP contribution in [0.15, 0.2) is 24.3 Å². The van der Waals surface area contributed by atoms with Gasteiger partial charge < -0.3 is 5.32 Å². The summed E-state index contributed by atoms with van der Waals surface area (Å²) in [6.07, 6.45) is 0.